The lowest BCUT2D eigenvalue weighted by atomic mass is 9.98. The zero-order valence-electron chi connectivity index (χ0n) is 15.6. The molecular formula is C21H32O4. The van der Waals surface area contributed by atoms with Gasteiger partial charge in [-0.1, -0.05) is 56.9 Å². The van der Waals surface area contributed by atoms with Gasteiger partial charge in [-0.25, -0.2) is 0 Å². The zero-order valence-corrected chi connectivity index (χ0v) is 15.6. The summed E-state index contributed by atoms with van der Waals surface area (Å²) in [6.07, 6.45) is 16.9. The van der Waals surface area contributed by atoms with Gasteiger partial charge in [0.25, 0.3) is 0 Å². The van der Waals surface area contributed by atoms with Crippen LogP contribution in [0.4, 0.5) is 0 Å². The van der Waals surface area contributed by atoms with Crippen LogP contribution in [0.3, 0.4) is 0 Å². The largest absolute Gasteiger partial charge is 0.469 e. The van der Waals surface area contributed by atoms with Gasteiger partial charge in [0.2, 0.25) is 0 Å². The molecule has 0 bridgehead atoms. The highest BCUT2D eigenvalue weighted by atomic mass is 16.5. The third-order valence-electron chi connectivity index (χ3n) is 4.42. The molecule has 140 valence electrons. The molecule has 0 heterocycles. The molecule has 1 N–H and O–H groups in total. The van der Waals surface area contributed by atoms with Gasteiger partial charge in [-0.2, -0.15) is 0 Å². The number of ether oxygens (including phenoxy) is 1. The van der Waals surface area contributed by atoms with E-state index in [1.807, 2.05) is 24.3 Å². The molecule has 0 aromatic carbocycles. The number of methoxy groups -OCH3 is 1. The standard InChI is InChI=1S/C21H32O4/c1-3-4-7-10-18(22)15-13-17-14-16-20(23)19(17)11-8-5-6-9-12-21(24)25-2/h11,13-18,22H,3-10,12H2,1-2H3/b15-13+,19-11-/t17-,18-/m0/s1. The van der Waals surface area contributed by atoms with E-state index in [-0.39, 0.29) is 17.7 Å². The number of aliphatic hydroxyl groups is 1. The van der Waals surface area contributed by atoms with Crippen LogP contribution in [-0.4, -0.2) is 30.1 Å². The number of unbranched alkanes of at least 4 members (excludes halogenated alkanes) is 5. The van der Waals surface area contributed by atoms with Gasteiger partial charge in [-0.05, 0) is 31.8 Å². The summed E-state index contributed by atoms with van der Waals surface area (Å²) < 4.78 is 4.61. The Labute approximate surface area is 151 Å². The van der Waals surface area contributed by atoms with Crippen LogP contribution in [0.25, 0.3) is 0 Å². The maximum Gasteiger partial charge on any atom is 0.305 e. The van der Waals surface area contributed by atoms with Crippen molar-refractivity contribution in [3.63, 3.8) is 0 Å². The lowest BCUT2D eigenvalue weighted by Gasteiger charge is -2.08. The highest BCUT2D eigenvalue weighted by Gasteiger charge is 2.20. The smallest absolute Gasteiger partial charge is 0.305 e. The van der Waals surface area contributed by atoms with Crippen LogP contribution < -0.4 is 0 Å². The monoisotopic (exact) mass is 348 g/mol. The average Bonchev–Trinajstić information content (AvgIpc) is 2.96. The fourth-order valence-corrected chi connectivity index (χ4v) is 2.86. The first-order valence-corrected chi connectivity index (χ1v) is 9.44. The molecule has 0 saturated heterocycles. The van der Waals surface area contributed by atoms with Crippen LogP contribution in [0.15, 0.2) is 36.0 Å². The number of allylic oxidation sites excluding steroid dienone is 5. The summed E-state index contributed by atoms with van der Waals surface area (Å²) in [5.41, 5.74) is 0.796. The molecule has 0 aromatic rings. The molecule has 1 aliphatic rings. The second-order valence-electron chi connectivity index (χ2n) is 6.53. The average molecular weight is 348 g/mol. The van der Waals surface area contributed by atoms with Crippen molar-refractivity contribution in [2.75, 3.05) is 7.11 Å². The number of esters is 1. The van der Waals surface area contributed by atoms with E-state index in [0.717, 1.165) is 56.9 Å². The van der Waals surface area contributed by atoms with E-state index in [2.05, 4.69) is 11.7 Å². The SMILES string of the molecule is CCCCC[C@H](O)/C=C/[C@H]1C=CC(=O)/C1=C\CCCCCC(=O)OC. The maximum absolute atomic E-state index is 12.0. The molecule has 1 rings (SSSR count). The van der Waals surface area contributed by atoms with Gasteiger partial charge in [-0.3, -0.25) is 9.59 Å². The van der Waals surface area contributed by atoms with E-state index in [1.54, 1.807) is 6.08 Å². The van der Waals surface area contributed by atoms with Crippen molar-refractivity contribution in [3.05, 3.63) is 36.0 Å². The fourth-order valence-electron chi connectivity index (χ4n) is 2.86. The molecule has 25 heavy (non-hydrogen) atoms. The highest BCUT2D eigenvalue weighted by Crippen LogP contribution is 2.24. The Hall–Kier alpha value is -1.68. The Kier molecular flexibility index (Phi) is 10.8. The first-order valence-electron chi connectivity index (χ1n) is 9.44. The Morgan fingerprint density at radius 1 is 1.28 bits per heavy atom. The summed E-state index contributed by atoms with van der Waals surface area (Å²) in [6, 6.07) is 0. The zero-order chi connectivity index (χ0) is 18.5. The summed E-state index contributed by atoms with van der Waals surface area (Å²) in [5, 5.41) is 9.97. The van der Waals surface area contributed by atoms with Gasteiger partial charge in [0.1, 0.15) is 0 Å². The Morgan fingerprint density at radius 3 is 2.80 bits per heavy atom. The van der Waals surface area contributed by atoms with Crippen molar-refractivity contribution in [1.82, 2.24) is 0 Å². The number of carbonyl (C=O) groups is 2. The molecule has 0 aromatic heterocycles. The minimum absolute atomic E-state index is 0.0246. The molecule has 0 amide bonds. The van der Waals surface area contributed by atoms with E-state index >= 15 is 0 Å². The second kappa shape index (κ2) is 12.6. The van der Waals surface area contributed by atoms with E-state index < -0.39 is 6.10 Å². The quantitative estimate of drug-likeness (QED) is 0.247. The number of aliphatic hydroxyl groups excluding tert-OH is 1. The minimum Gasteiger partial charge on any atom is -0.469 e. The van der Waals surface area contributed by atoms with Crippen molar-refractivity contribution < 1.29 is 19.4 Å². The molecule has 4 nitrogen and oxygen atoms in total. The van der Waals surface area contributed by atoms with Crippen molar-refractivity contribution in [2.45, 2.75) is 70.8 Å². The highest BCUT2D eigenvalue weighted by molar-refractivity contribution is 6.07. The summed E-state index contributed by atoms with van der Waals surface area (Å²) in [5.74, 6) is -0.135. The molecular weight excluding hydrogens is 316 g/mol. The van der Waals surface area contributed by atoms with E-state index in [1.165, 1.54) is 7.11 Å². The van der Waals surface area contributed by atoms with Crippen LogP contribution in [0, 0.1) is 5.92 Å². The predicted octanol–water partition coefficient (Wildman–Crippen LogP) is 4.29. The third kappa shape index (κ3) is 8.82. The van der Waals surface area contributed by atoms with Gasteiger partial charge < -0.3 is 9.84 Å². The number of hydrogen-bond acceptors (Lipinski definition) is 4. The van der Waals surface area contributed by atoms with Crippen molar-refractivity contribution in [2.24, 2.45) is 5.92 Å². The van der Waals surface area contributed by atoms with Crippen molar-refractivity contribution >= 4 is 11.8 Å². The molecule has 0 unspecified atom stereocenters. The van der Waals surface area contributed by atoms with Gasteiger partial charge in [0.05, 0.1) is 13.2 Å². The van der Waals surface area contributed by atoms with E-state index in [4.69, 9.17) is 0 Å². The van der Waals surface area contributed by atoms with Crippen molar-refractivity contribution in [1.29, 1.82) is 0 Å². The third-order valence-corrected chi connectivity index (χ3v) is 4.42. The molecule has 0 saturated carbocycles. The van der Waals surface area contributed by atoms with Gasteiger partial charge >= 0.3 is 5.97 Å². The van der Waals surface area contributed by atoms with Crippen LogP contribution in [0.5, 0.6) is 0 Å². The lowest BCUT2D eigenvalue weighted by Crippen LogP contribution is -2.05. The van der Waals surface area contributed by atoms with Crippen LogP contribution >= 0.6 is 0 Å². The first-order chi connectivity index (χ1) is 12.1. The van der Waals surface area contributed by atoms with Gasteiger partial charge in [0, 0.05) is 17.9 Å². The Bertz CT molecular complexity index is 502. The Morgan fingerprint density at radius 2 is 2.08 bits per heavy atom. The molecule has 0 fully saturated rings. The summed E-state index contributed by atoms with van der Waals surface area (Å²) in [6.45, 7) is 2.14. The molecule has 4 heteroatoms. The maximum atomic E-state index is 12.0. The Balaban J connectivity index is 2.38. The molecule has 0 radical (unpaired) electrons. The van der Waals surface area contributed by atoms with E-state index in [0.29, 0.717) is 6.42 Å². The van der Waals surface area contributed by atoms with Crippen LogP contribution in [-0.2, 0) is 14.3 Å². The fraction of sp³-hybridized carbons (Fsp3) is 0.619. The second-order valence-corrected chi connectivity index (χ2v) is 6.53. The first kappa shape index (κ1) is 21.4. The summed E-state index contributed by atoms with van der Waals surface area (Å²) in [4.78, 5) is 23.0. The van der Waals surface area contributed by atoms with Crippen LogP contribution in [0.2, 0.25) is 0 Å². The van der Waals surface area contributed by atoms with Gasteiger partial charge in [0.15, 0.2) is 5.78 Å². The number of ketones is 1. The molecule has 0 aliphatic heterocycles. The summed E-state index contributed by atoms with van der Waals surface area (Å²) >= 11 is 0. The molecule has 1 aliphatic carbocycles. The normalized spacial score (nSPS) is 19.9. The number of carbonyl (C=O) groups excluding carboxylic acids is 2. The van der Waals surface area contributed by atoms with Gasteiger partial charge in [-0.15, -0.1) is 0 Å². The summed E-state index contributed by atoms with van der Waals surface area (Å²) in [7, 11) is 1.40. The number of rotatable bonds is 12. The predicted molar refractivity (Wildman–Crippen MR) is 100 cm³/mol. The number of hydrogen-bond donors (Lipinski definition) is 1. The lowest BCUT2D eigenvalue weighted by molar-refractivity contribution is -0.140. The molecule has 2 atom stereocenters. The topological polar surface area (TPSA) is 63.6 Å². The minimum atomic E-state index is -0.435. The van der Waals surface area contributed by atoms with Crippen LogP contribution in [0.1, 0.15) is 64.7 Å². The van der Waals surface area contributed by atoms with E-state index in [9.17, 15) is 14.7 Å². The molecule has 0 spiro atoms. The van der Waals surface area contributed by atoms with Crippen molar-refractivity contribution in [3.8, 4) is 0 Å².